The van der Waals surface area contributed by atoms with Crippen molar-refractivity contribution in [1.29, 1.82) is 0 Å². The number of hydrogen-bond acceptors (Lipinski definition) is 2. The van der Waals surface area contributed by atoms with Crippen molar-refractivity contribution in [2.24, 2.45) is 5.92 Å². The van der Waals surface area contributed by atoms with Crippen molar-refractivity contribution in [2.45, 2.75) is 45.6 Å². The number of rotatable bonds is 4. The summed E-state index contributed by atoms with van der Waals surface area (Å²) in [5, 5.41) is 0. The molecule has 3 heteroatoms. The number of nitrogen functional groups attached to an aromatic ring is 1. The van der Waals surface area contributed by atoms with E-state index in [4.69, 9.17) is 10.7 Å². The molecule has 18 heavy (non-hydrogen) atoms. The molecule has 0 unspecified atom stereocenters. The van der Waals surface area contributed by atoms with E-state index in [9.17, 15) is 0 Å². The molecule has 0 spiro atoms. The molecule has 2 N–H and O–H groups in total. The third kappa shape index (κ3) is 1.98. The molecule has 3 nitrogen and oxygen atoms in total. The highest BCUT2D eigenvalue weighted by Gasteiger charge is 2.18. The van der Waals surface area contributed by atoms with E-state index >= 15 is 0 Å². The lowest BCUT2D eigenvalue weighted by Crippen LogP contribution is -2.14. The molecule has 0 atom stereocenters. The predicted molar refractivity (Wildman–Crippen MR) is 75.5 cm³/mol. The summed E-state index contributed by atoms with van der Waals surface area (Å²) < 4.78 is 2.38. The van der Waals surface area contributed by atoms with Gasteiger partial charge in [0.2, 0.25) is 0 Å². The number of benzene rings is 1. The highest BCUT2D eigenvalue weighted by molar-refractivity contribution is 5.79. The summed E-state index contributed by atoms with van der Waals surface area (Å²) in [5.41, 5.74) is 8.91. The van der Waals surface area contributed by atoms with E-state index in [0.717, 1.165) is 30.1 Å². The van der Waals surface area contributed by atoms with Crippen LogP contribution in [-0.4, -0.2) is 9.55 Å². The first-order valence-electron chi connectivity index (χ1n) is 7.02. The van der Waals surface area contributed by atoms with E-state index in [1.54, 1.807) is 0 Å². The highest BCUT2D eigenvalue weighted by atomic mass is 15.1. The van der Waals surface area contributed by atoms with Crippen molar-refractivity contribution in [3.05, 3.63) is 24.0 Å². The van der Waals surface area contributed by atoms with Gasteiger partial charge >= 0.3 is 0 Å². The average Bonchev–Trinajstić information content (AvgIpc) is 2.64. The van der Waals surface area contributed by atoms with Gasteiger partial charge in [0.05, 0.1) is 11.0 Å². The van der Waals surface area contributed by atoms with Gasteiger partial charge in [-0.3, -0.25) is 0 Å². The molecule has 1 saturated carbocycles. The second-order valence-electron chi connectivity index (χ2n) is 5.37. The van der Waals surface area contributed by atoms with Gasteiger partial charge in [-0.15, -0.1) is 0 Å². The van der Waals surface area contributed by atoms with Gasteiger partial charge in [-0.1, -0.05) is 26.2 Å². The number of anilines is 1. The Labute approximate surface area is 108 Å². The van der Waals surface area contributed by atoms with Crippen LogP contribution in [0.4, 0.5) is 5.69 Å². The summed E-state index contributed by atoms with van der Waals surface area (Å²) in [4.78, 5) is 4.70. The van der Waals surface area contributed by atoms with Gasteiger partial charge in [-0.25, -0.2) is 4.98 Å². The molecule has 1 fully saturated rings. The smallest absolute Gasteiger partial charge is 0.109 e. The van der Waals surface area contributed by atoms with Gasteiger partial charge in [-0.2, -0.15) is 0 Å². The van der Waals surface area contributed by atoms with Crippen LogP contribution in [0, 0.1) is 5.92 Å². The van der Waals surface area contributed by atoms with Crippen LogP contribution in [0.5, 0.6) is 0 Å². The molecule has 1 aliphatic carbocycles. The zero-order chi connectivity index (χ0) is 12.5. The highest BCUT2D eigenvalue weighted by Crippen LogP contribution is 2.30. The fourth-order valence-corrected chi connectivity index (χ4v) is 2.81. The Morgan fingerprint density at radius 3 is 2.89 bits per heavy atom. The number of aromatic nitrogens is 2. The number of hydrogen-bond donors (Lipinski definition) is 1. The third-order valence-electron chi connectivity index (χ3n) is 4.15. The predicted octanol–water partition coefficient (Wildman–Crippen LogP) is 3.37. The largest absolute Gasteiger partial charge is 0.399 e. The van der Waals surface area contributed by atoms with Gasteiger partial charge in [0.1, 0.15) is 5.82 Å². The van der Waals surface area contributed by atoms with E-state index in [-0.39, 0.29) is 0 Å². The molecule has 0 saturated heterocycles. The summed E-state index contributed by atoms with van der Waals surface area (Å²) in [6.45, 7) is 3.28. The summed E-state index contributed by atoms with van der Waals surface area (Å²) in [7, 11) is 0. The topological polar surface area (TPSA) is 43.8 Å². The SMILES string of the molecule is CCc1nc2cc(N)ccc2n1CCC1CCC1. The molecule has 0 radical (unpaired) electrons. The van der Waals surface area contributed by atoms with Crippen molar-refractivity contribution in [2.75, 3.05) is 5.73 Å². The van der Waals surface area contributed by atoms with Crippen LogP contribution in [-0.2, 0) is 13.0 Å². The fourth-order valence-electron chi connectivity index (χ4n) is 2.81. The van der Waals surface area contributed by atoms with E-state index < -0.39 is 0 Å². The minimum Gasteiger partial charge on any atom is -0.399 e. The standard InChI is InChI=1S/C15H21N3/c1-2-15-17-13-10-12(16)6-7-14(13)18(15)9-8-11-4-3-5-11/h6-7,10-11H,2-5,8-9,16H2,1H3. The van der Waals surface area contributed by atoms with Crippen LogP contribution in [0.15, 0.2) is 18.2 Å². The maximum Gasteiger partial charge on any atom is 0.109 e. The number of aryl methyl sites for hydroxylation is 2. The van der Waals surface area contributed by atoms with Crippen molar-refractivity contribution >= 4 is 16.7 Å². The Morgan fingerprint density at radius 1 is 1.39 bits per heavy atom. The van der Waals surface area contributed by atoms with E-state index in [1.165, 1.54) is 37.0 Å². The molecule has 1 aromatic carbocycles. The molecular weight excluding hydrogens is 222 g/mol. The lowest BCUT2D eigenvalue weighted by Gasteiger charge is -2.25. The zero-order valence-corrected chi connectivity index (χ0v) is 11.0. The molecule has 3 rings (SSSR count). The molecule has 2 aromatic rings. The van der Waals surface area contributed by atoms with E-state index in [2.05, 4.69) is 17.6 Å². The molecule has 1 heterocycles. The quantitative estimate of drug-likeness (QED) is 0.837. The first kappa shape index (κ1) is 11.6. The Balaban J connectivity index is 1.91. The van der Waals surface area contributed by atoms with Gasteiger partial charge in [0.25, 0.3) is 0 Å². The minimum atomic E-state index is 0.800. The van der Waals surface area contributed by atoms with Crippen LogP contribution >= 0.6 is 0 Å². The molecule has 0 amide bonds. The maximum atomic E-state index is 5.83. The minimum absolute atomic E-state index is 0.800. The van der Waals surface area contributed by atoms with Gasteiger partial charge in [0, 0.05) is 18.7 Å². The molecule has 0 aliphatic heterocycles. The van der Waals surface area contributed by atoms with Crippen molar-refractivity contribution in [1.82, 2.24) is 9.55 Å². The lowest BCUT2D eigenvalue weighted by atomic mass is 9.83. The van der Waals surface area contributed by atoms with Crippen molar-refractivity contribution in [3.63, 3.8) is 0 Å². The number of nitrogens with zero attached hydrogens (tertiary/aromatic N) is 2. The van der Waals surface area contributed by atoms with E-state index in [0.29, 0.717) is 0 Å². The van der Waals surface area contributed by atoms with Crippen LogP contribution in [0.3, 0.4) is 0 Å². The van der Waals surface area contributed by atoms with Gasteiger partial charge in [-0.05, 0) is 30.5 Å². The Morgan fingerprint density at radius 2 is 2.22 bits per heavy atom. The monoisotopic (exact) mass is 243 g/mol. The Bertz CT molecular complexity index is 552. The Hall–Kier alpha value is -1.51. The zero-order valence-electron chi connectivity index (χ0n) is 11.0. The lowest BCUT2D eigenvalue weighted by molar-refractivity contribution is 0.282. The Kier molecular flexibility index (Phi) is 2.98. The normalized spacial score (nSPS) is 16.1. The van der Waals surface area contributed by atoms with Gasteiger partial charge in [0.15, 0.2) is 0 Å². The maximum absolute atomic E-state index is 5.83. The summed E-state index contributed by atoms with van der Waals surface area (Å²) in [6, 6.07) is 6.06. The first-order valence-corrected chi connectivity index (χ1v) is 7.02. The number of nitrogens with two attached hydrogens (primary N) is 1. The van der Waals surface area contributed by atoms with Crippen LogP contribution in [0.1, 0.15) is 38.4 Å². The van der Waals surface area contributed by atoms with Crippen LogP contribution in [0.2, 0.25) is 0 Å². The summed E-state index contributed by atoms with van der Waals surface area (Å²) in [5.74, 6) is 2.14. The molecule has 1 aliphatic rings. The molecular formula is C15H21N3. The summed E-state index contributed by atoms with van der Waals surface area (Å²) in [6.07, 6.45) is 6.54. The van der Waals surface area contributed by atoms with Crippen molar-refractivity contribution < 1.29 is 0 Å². The van der Waals surface area contributed by atoms with Crippen LogP contribution in [0.25, 0.3) is 11.0 Å². The molecule has 1 aromatic heterocycles. The number of imidazole rings is 1. The summed E-state index contributed by atoms with van der Waals surface area (Å²) >= 11 is 0. The molecule has 96 valence electrons. The third-order valence-corrected chi connectivity index (χ3v) is 4.15. The first-order chi connectivity index (χ1) is 8.78. The second kappa shape index (κ2) is 4.63. The van der Waals surface area contributed by atoms with Crippen LogP contribution < -0.4 is 5.73 Å². The fraction of sp³-hybridized carbons (Fsp3) is 0.533. The van der Waals surface area contributed by atoms with E-state index in [1.807, 2.05) is 12.1 Å². The van der Waals surface area contributed by atoms with Crippen molar-refractivity contribution in [3.8, 4) is 0 Å². The second-order valence-corrected chi connectivity index (χ2v) is 5.37. The number of fused-ring (bicyclic) bond motifs is 1. The average molecular weight is 243 g/mol. The van der Waals surface area contributed by atoms with Gasteiger partial charge < -0.3 is 10.3 Å². The molecule has 0 bridgehead atoms.